The Morgan fingerprint density at radius 1 is 1.17 bits per heavy atom. The summed E-state index contributed by atoms with van der Waals surface area (Å²) >= 11 is 0. The van der Waals surface area contributed by atoms with Crippen LogP contribution in [0.1, 0.15) is 26.2 Å². The lowest BCUT2D eigenvalue weighted by Crippen LogP contribution is -2.31. The van der Waals surface area contributed by atoms with E-state index in [2.05, 4.69) is 17.6 Å². The molecule has 0 aliphatic rings. The van der Waals surface area contributed by atoms with Gasteiger partial charge < -0.3 is 15.4 Å². The second-order valence-corrected chi connectivity index (χ2v) is 4.07. The van der Waals surface area contributed by atoms with Crippen LogP contribution in [0, 0.1) is 0 Å². The molecular weight excluding hydrogens is 228 g/mol. The molecule has 2 amide bonds. The quantitative estimate of drug-likeness (QED) is 0.697. The standard InChI is InChI=1S/C14H22N2O2/c1-2-3-7-11-18-12-10-15-14(17)16-13-8-5-4-6-9-13/h4-6,8-9H,2-3,7,10-12H2,1H3,(H2,15,16,17). The van der Waals surface area contributed by atoms with Crippen LogP contribution in [0.25, 0.3) is 0 Å². The van der Waals surface area contributed by atoms with Gasteiger partial charge in [0.15, 0.2) is 0 Å². The van der Waals surface area contributed by atoms with Crippen LogP contribution in [0.4, 0.5) is 10.5 Å². The lowest BCUT2D eigenvalue weighted by molar-refractivity contribution is 0.133. The number of amides is 2. The molecule has 0 fully saturated rings. The second kappa shape index (κ2) is 9.48. The van der Waals surface area contributed by atoms with E-state index < -0.39 is 0 Å². The van der Waals surface area contributed by atoms with Crippen LogP contribution in [-0.4, -0.2) is 25.8 Å². The smallest absolute Gasteiger partial charge is 0.319 e. The first-order valence-corrected chi connectivity index (χ1v) is 6.50. The number of carbonyl (C=O) groups is 1. The number of anilines is 1. The summed E-state index contributed by atoms with van der Waals surface area (Å²) in [5.41, 5.74) is 0.791. The highest BCUT2D eigenvalue weighted by Crippen LogP contribution is 2.03. The van der Waals surface area contributed by atoms with E-state index in [0.717, 1.165) is 18.7 Å². The summed E-state index contributed by atoms with van der Waals surface area (Å²) < 4.78 is 5.39. The first-order chi connectivity index (χ1) is 8.83. The Morgan fingerprint density at radius 2 is 1.94 bits per heavy atom. The Bertz CT molecular complexity index is 328. The van der Waals surface area contributed by atoms with Crippen molar-refractivity contribution in [2.24, 2.45) is 0 Å². The molecule has 0 saturated heterocycles. The molecule has 4 heteroatoms. The van der Waals surface area contributed by atoms with E-state index in [4.69, 9.17) is 4.74 Å². The maximum Gasteiger partial charge on any atom is 0.319 e. The first-order valence-electron chi connectivity index (χ1n) is 6.50. The molecule has 0 spiro atoms. The summed E-state index contributed by atoms with van der Waals surface area (Å²) in [5.74, 6) is 0. The number of benzene rings is 1. The van der Waals surface area contributed by atoms with Gasteiger partial charge in [0.2, 0.25) is 0 Å². The number of unbranched alkanes of at least 4 members (excludes halogenated alkanes) is 2. The Balaban J connectivity index is 2.00. The van der Waals surface area contributed by atoms with Gasteiger partial charge in [-0.1, -0.05) is 38.0 Å². The largest absolute Gasteiger partial charge is 0.380 e. The van der Waals surface area contributed by atoms with Crippen LogP contribution in [-0.2, 0) is 4.74 Å². The van der Waals surface area contributed by atoms with Gasteiger partial charge in [-0.3, -0.25) is 0 Å². The average Bonchev–Trinajstić information content (AvgIpc) is 2.39. The topological polar surface area (TPSA) is 50.4 Å². The number of carbonyl (C=O) groups excluding carboxylic acids is 1. The molecule has 0 radical (unpaired) electrons. The fourth-order valence-corrected chi connectivity index (χ4v) is 1.49. The molecular formula is C14H22N2O2. The van der Waals surface area contributed by atoms with E-state index >= 15 is 0 Å². The van der Waals surface area contributed by atoms with Crippen molar-refractivity contribution in [3.8, 4) is 0 Å². The van der Waals surface area contributed by atoms with E-state index in [-0.39, 0.29) is 6.03 Å². The molecule has 18 heavy (non-hydrogen) atoms. The third-order valence-electron chi connectivity index (χ3n) is 2.46. The number of urea groups is 1. The highest BCUT2D eigenvalue weighted by Gasteiger charge is 1.99. The Morgan fingerprint density at radius 3 is 2.67 bits per heavy atom. The van der Waals surface area contributed by atoms with E-state index in [9.17, 15) is 4.79 Å². The number of hydrogen-bond donors (Lipinski definition) is 2. The number of hydrogen-bond acceptors (Lipinski definition) is 2. The van der Waals surface area contributed by atoms with Gasteiger partial charge >= 0.3 is 6.03 Å². The maximum absolute atomic E-state index is 11.5. The average molecular weight is 250 g/mol. The number of para-hydroxylation sites is 1. The van der Waals surface area contributed by atoms with Crippen molar-refractivity contribution in [2.75, 3.05) is 25.1 Å². The summed E-state index contributed by atoms with van der Waals surface area (Å²) in [4.78, 5) is 11.5. The molecule has 0 heterocycles. The molecule has 0 bridgehead atoms. The fraction of sp³-hybridized carbons (Fsp3) is 0.500. The van der Waals surface area contributed by atoms with Crippen molar-refractivity contribution in [2.45, 2.75) is 26.2 Å². The van der Waals surface area contributed by atoms with Gasteiger partial charge in [-0.15, -0.1) is 0 Å². The van der Waals surface area contributed by atoms with Crippen LogP contribution in [0.15, 0.2) is 30.3 Å². The number of ether oxygens (including phenoxy) is 1. The van der Waals surface area contributed by atoms with Crippen LogP contribution >= 0.6 is 0 Å². The molecule has 100 valence electrons. The molecule has 0 saturated carbocycles. The van der Waals surface area contributed by atoms with E-state index in [0.29, 0.717) is 13.2 Å². The molecule has 0 aliphatic heterocycles. The lowest BCUT2D eigenvalue weighted by atomic mass is 10.3. The van der Waals surface area contributed by atoms with E-state index in [1.165, 1.54) is 12.8 Å². The molecule has 0 atom stereocenters. The SMILES string of the molecule is CCCCCOCCNC(=O)Nc1ccccc1. The van der Waals surface area contributed by atoms with Crippen LogP contribution < -0.4 is 10.6 Å². The van der Waals surface area contributed by atoms with Gasteiger partial charge in [-0.05, 0) is 18.6 Å². The molecule has 1 rings (SSSR count). The Labute approximate surface area is 109 Å². The maximum atomic E-state index is 11.5. The van der Waals surface area contributed by atoms with E-state index in [1.807, 2.05) is 30.3 Å². The molecule has 2 N–H and O–H groups in total. The zero-order valence-electron chi connectivity index (χ0n) is 10.9. The Kier molecular flexibility index (Phi) is 7.64. The van der Waals surface area contributed by atoms with Crippen molar-refractivity contribution in [1.29, 1.82) is 0 Å². The first kappa shape index (κ1) is 14.5. The fourth-order valence-electron chi connectivity index (χ4n) is 1.49. The van der Waals surface area contributed by atoms with Crippen LogP contribution in [0.5, 0.6) is 0 Å². The predicted molar refractivity (Wildman–Crippen MR) is 73.8 cm³/mol. The summed E-state index contributed by atoms with van der Waals surface area (Å²) in [6.45, 7) is 4.03. The van der Waals surface area contributed by atoms with Crippen LogP contribution in [0.3, 0.4) is 0 Å². The van der Waals surface area contributed by atoms with Crippen molar-refractivity contribution in [3.05, 3.63) is 30.3 Å². The van der Waals surface area contributed by atoms with Gasteiger partial charge in [0.1, 0.15) is 0 Å². The van der Waals surface area contributed by atoms with E-state index in [1.54, 1.807) is 0 Å². The monoisotopic (exact) mass is 250 g/mol. The molecule has 1 aromatic rings. The summed E-state index contributed by atoms with van der Waals surface area (Å²) in [7, 11) is 0. The van der Waals surface area contributed by atoms with Gasteiger partial charge in [0, 0.05) is 18.8 Å². The number of rotatable bonds is 8. The highest BCUT2D eigenvalue weighted by molar-refractivity contribution is 5.89. The molecule has 4 nitrogen and oxygen atoms in total. The minimum Gasteiger partial charge on any atom is -0.380 e. The normalized spacial score (nSPS) is 10.1. The van der Waals surface area contributed by atoms with Crippen molar-refractivity contribution in [3.63, 3.8) is 0 Å². The molecule has 0 unspecified atom stereocenters. The summed E-state index contributed by atoms with van der Waals surface area (Å²) in [6.07, 6.45) is 3.48. The molecule has 0 aliphatic carbocycles. The highest BCUT2D eigenvalue weighted by atomic mass is 16.5. The summed E-state index contributed by atoms with van der Waals surface area (Å²) in [6, 6.07) is 9.17. The van der Waals surface area contributed by atoms with Gasteiger partial charge in [0.25, 0.3) is 0 Å². The number of nitrogens with one attached hydrogen (secondary N) is 2. The van der Waals surface area contributed by atoms with Crippen molar-refractivity contribution < 1.29 is 9.53 Å². The van der Waals surface area contributed by atoms with Gasteiger partial charge in [-0.2, -0.15) is 0 Å². The molecule has 1 aromatic carbocycles. The minimum absolute atomic E-state index is 0.196. The van der Waals surface area contributed by atoms with Crippen molar-refractivity contribution >= 4 is 11.7 Å². The predicted octanol–water partition coefficient (Wildman–Crippen LogP) is 3.01. The molecule has 0 aromatic heterocycles. The van der Waals surface area contributed by atoms with Crippen molar-refractivity contribution in [1.82, 2.24) is 5.32 Å². The zero-order chi connectivity index (χ0) is 13.1. The van der Waals surface area contributed by atoms with Gasteiger partial charge in [0.05, 0.1) is 6.61 Å². The zero-order valence-corrected chi connectivity index (χ0v) is 10.9. The Hall–Kier alpha value is -1.55. The third-order valence-corrected chi connectivity index (χ3v) is 2.46. The van der Waals surface area contributed by atoms with Crippen LogP contribution in [0.2, 0.25) is 0 Å². The summed E-state index contributed by atoms with van der Waals surface area (Å²) in [5, 5.41) is 5.49. The third kappa shape index (κ3) is 6.91. The minimum atomic E-state index is -0.196. The second-order valence-electron chi connectivity index (χ2n) is 4.07. The lowest BCUT2D eigenvalue weighted by Gasteiger charge is -2.08. The van der Waals surface area contributed by atoms with Gasteiger partial charge in [-0.25, -0.2) is 4.79 Å².